The number of hydrogen-bond donors (Lipinski definition) is 1. The van der Waals surface area contributed by atoms with Crippen LogP contribution in [0.4, 0.5) is 11.6 Å². The Morgan fingerprint density at radius 2 is 2.23 bits per heavy atom. The molecular formula is C14H13N5O3. The highest BCUT2D eigenvalue weighted by Crippen LogP contribution is 2.26. The van der Waals surface area contributed by atoms with E-state index in [1.165, 1.54) is 6.33 Å². The Morgan fingerprint density at radius 1 is 1.36 bits per heavy atom. The summed E-state index contributed by atoms with van der Waals surface area (Å²) < 4.78 is 10.0. The van der Waals surface area contributed by atoms with Gasteiger partial charge in [-0.15, -0.1) is 0 Å². The normalized spacial score (nSPS) is 10.6. The maximum Gasteiger partial charge on any atom is 0.361 e. The van der Waals surface area contributed by atoms with E-state index in [9.17, 15) is 4.79 Å². The zero-order chi connectivity index (χ0) is 15.5. The van der Waals surface area contributed by atoms with E-state index in [1.807, 2.05) is 19.1 Å². The minimum atomic E-state index is -0.587. The van der Waals surface area contributed by atoms with E-state index in [4.69, 9.17) is 9.26 Å². The molecule has 3 rings (SSSR count). The summed E-state index contributed by atoms with van der Waals surface area (Å²) in [5.41, 5.74) is 1.09. The second kappa shape index (κ2) is 5.76. The number of anilines is 2. The smallest absolute Gasteiger partial charge is 0.361 e. The highest BCUT2D eigenvalue weighted by atomic mass is 16.5. The van der Waals surface area contributed by atoms with Crippen LogP contribution < -0.4 is 5.32 Å². The highest BCUT2D eigenvalue weighted by Gasteiger charge is 2.22. The van der Waals surface area contributed by atoms with Crippen LogP contribution in [0.2, 0.25) is 0 Å². The van der Waals surface area contributed by atoms with Crippen molar-refractivity contribution in [2.24, 2.45) is 0 Å². The summed E-state index contributed by atoms with van der Waals surface area (Å²) in [5, 5.41) is 7.13. The first-order valence-corrected chi connectivity index (χ1v) is 6.67. The van der Waals surface area contributed by atoms with Gasteiger partial charge in [-0.25, -0.2) is 14.8 Å². The van der Waals surface area contributed by atoms with Gasteiger partial charge in [0.15, 0.2) is 0 Å². The van der Waals surface area contributed by atoms with E-state index >= 15 is 0 Å². The molecule has 112 valence electrons. The fourth-order valence-corrected chi connectivity index (χ4v) is 1.95. The van der Waals surface area contributed by atoms with Gasteiger partial charge in [0.1, 0.15) is 23.3 Å². The van der Waals surface area contributed by atoms with Crippen LogP contribution in [0, 0.1) is 6.92 Å². The third-order valence-corrected chi connectivity index (χ3v) is 2.88. The van der Waals surface area contributed by atoms with Crippen LogP contribution in [0.3, 0.4) is 0 Å². The molecular weight excluding hydrogens is 286 g/mol. The number of rotatable bonds is 4. The van der Waals surface area contributed by atoms with Gasteiger partial charge >= 0.3 is 5.97 Å². The molecule has 0 radical (unpaired) electrons. The van der Waals surface area contributed by atoms with Crippen LogP contribution >= 0.6 is 0 Å². The number of ether oxygens (including phenoxy) is 1. The molecule has 0 bridgehead atoms. The molecule has 3 aromatic rings. The molecule has 0 aliphatic carbocycles. The van der Waals surface area contributed by atoms with Gasteiger partial charge in [0.05, 0.1) is 6.61 Å². The minimum Gasteiger partial charge on any atom is -0.461 e. The Balaban J connectivity index is 2.05. The fourth-order valence-electron chi connectivity index (χ4n) is 1.95. The van der Waals surface area contributed by atoms with Crippen molar-refractivity contribution in [3.63, 3.8) is 0 Å². The molecule has 8 nitrogen and oxygen atoms in total. The van der Waals surface area contributed by atoms with E-state index in [0.29, 0.717) is 17.0 Å². The van der Waals surface area contributed by atoms with Gasteiger partial charge in [-0.1, -0.05) is 11.2 Å². The summed E-state index contributed by atoms with van der Waals surface area (Å²) >= 11 is 0. The number of carbonyl (C=O) groups is 1. The van der Waals surface area contributed by atoms with E-state index in [1.54, 1.807) is 13.0 Å². The van der Waals surface area contributed by atoms with Gasteiger partial charge in [-0.3, -0.25) is 0 Å². The minimum absolute atomic E-state index is 0.0348. The van der Waals surface area contributed by atoms with Gasteiger partial charge in [0.2, 0.25) is 5.69 Å². The highest BCUT2D eigenvalue weighted by molar-refractivity contribution is 6.05. The molecule has 0 aromatic carbocycles. The van der Waals surface area contributed by atoms with Gasteiger partial charge in [-0.2, -0.15) is 4.98 Å². The van der Waals surface area contributed by atoms with Crippen LogP contribution in [0.15, 0.2) is 29.0 Å². The van der Waals surface area contributed by atoms with E-state index in [2.05, 4.69) is 25.4 Å². The molecule has 8 heteroatoms. The van der Waals surface area contributed by atoms with Gasteiger partial charge in [0.25, 0.3) is 5.71 Å². The third-order valence-electron chi connectivity index (χ3n) is 2.88. The Labute approximate surface area is 125 Å². The van der Waals surface area contributed by atoms with Crippen molar-refractivity contribution in [3.05, 3.63) is 35.9 Å². The number of nitrogens with zero attached hydrogens (tertiary/aromatic N) is 4. The lowest BCUT2D eigenvalue weighted by molar-refractivity contribution is 0.0517. The first-order chi connectivity index (χ1) is 10.7. The zero-order valence-electron chi connectivity index (χ0n) is 12.0. The molecule has 0 saturated carbocycles. The summed E-state index contributed by atoms with van der Waals surface area (Å²) in [7, 11) is 0. The standard InChI is InChI=1S/C14H13N5O3/c1-3-21-14(20)11-10-12(15-7-16-13(10)22-19-11)18-9-6-4-5-8(2)17-9/h4-7H,3H2,1-2H3,(H,15,16,17,18). The van der Waals surface area contributed by atoms with E-state index in [-0.39, 0.29) is 18.0 Å². The van der Waals surface area contributed by atoms with Crippen molar-refractivity contribution in [2.75, 3.05) is 11.9 Å². The maximum absolute atomic E-state index is 11.9. The molecule has 1 N–H and O–H groups in total. The molecule has 22 heavy (non-hydrogen) atoms. The Bertz CT molecular complexity index is 830. The molecule has 0 fully saturated rings. The molecule has 0 spiro atoms. The average molecular weight is 299 g/mol. The number of pyridine rings is 1. The predicted octanol–water partition coefficient (Wildman–Crippen LogP) is 2.24. The molecule has 0 amide bonds. The van der Waals surface area contributed by atoms with Crippen LogP contribution in [0.1, 0.15) is 23.1 Å². The van der Waals surface area contributed by atoms with Crippen LogP contribution in [0.5, 0.6) is 0 Å². The number of aromatic nitrogens is 4. The molecule has 0 aliphatic rings. The molecule has 0 unspecified atom stereocenters. The van der Waals surface area contributed by atoms with Crippen LogP contribution in [-0.2, 0) is 4.74 Å². The SMILES string of the molecule is CCOC(=O)c1noc2ncnc(Nc3cccc(C)n3)c12. The summed E-state index contributed by atoms with van der Waals surface area (Å²) in [4.78, 5) is 24.4. The lowest BCUT2D eigenvalue weighted by atomic mass is 10.3. The largest absolute Gasteiger partial charge is 0.461 e. The maximum atomic E-state index is 11.9. The Morgan fingerprint density at radius 3 is 3.00 bits per heavy atom. The van der Waals surface area contributed by atoms with Crippen molar-refractivity contribution in [1.82, 2.24) is 20.1 Å². The lowest BCUT2D eigenvalue weighted by Crippen LogP contribution is -2.07. The Kier molecular flexibility index (Phi) is 3.65. The van der Waals surface area contributed by atoms with Gasteiger partial charge in [0, 0.05) is 5.69 Å². The van der Waals surface area contributed by atoms with Gasteiger partial charge in [-0.05, 0) is 26.0 Å². The number of esters is 1. The third kappa shape index (κ3) is 2.58. The summed E-state index contributed by atoms with van der Waals surface area (Å²) in [6.07, 6.45) is 1.32. The summed E-state index contributed by atoms with van der Waals surface area (Å²) in [6, 6.07) is 5.53. The van der Waals surface area contributed by atoms with Crippen molar-refractivity contribution >= 4 is 28.7 Å². The quantitative estimate of drug-likeness (QED) is 0.731. The molecule has 3 heterocycles. The number of hydrogen-bond acceptors (Lipinski definition) is 8. The Hall–Kier alpha value is -3.03. The number of nitrogens with one attached hydrogen (secondary N) is 1. The topological polar surface area (TPSA) is 103 Å². The number of aryl methyl sites for hydroxylation is 1. The second-order valence-corrected chi connectivity index (χ2v) is 4.44. The average Bonchev–Trinajstić information content (AvgIpc) is 2.93. The van der Waals surface area contributed by atoms with Crippen molar-refractivity contribution in [1.29, 1.82) is 0 Å². The number of carbonyl (C=O) groups excluding carboxylic acids is 1. The van der Waals surface area contributed by atoms with Crippen LogP contribution in [0.25, 0.3) is 11.1 Å². The summed E-state index contributed by atoms with van der Waals surface area (Å²) in [6.45, 7) is 3.83. The first-order valence-electron chi connectivity index (χ1n) is 6.67. The van der Waals surface area contributed by atoms with Crippen molar-refractivity contribution in [3.8, 4) is 0 Å². The van der Waals surface area contributed by atoms with Crippen molar-refractivity contribution in [2.45, 2.75) is 13.8 Å². The van der Waals surface area contributed by atoms with E-state index in [0.717, 1.165) is 5.69 Å². The molecule has 0 atom stereocenters. The predicted molar refractivity (Wildman–Crippen MR) is 77.8 cm³/mol. The summed E-state index contributed by atoms with van der Waals surface area (Å²) in [5.74, 6) is 0.389. The molecule has 0 saturated heterocycles. The fraction of sp³-hybridized carbons (Fsp3) is 0.214. The van der Waals surface area contributed by atoms with Crippen LogP contribution in [-0.4, -0.2) is 32.7 Å². The van der Waals surface area contributed by atoms with Crippen molar-refractivity contribution < 1.29 is 14.1 Å². The van der Waals surface area contributed by atoms with Gasteiger partial charge < -0.3 is 14.6 Å². The first kappa shape index (κ1) is 13.9. The second-order valence-electron chi connectivity index (χ2n) is 4.44. The molecule has 0 aliphatic heterocycles. The number of fused-ring (bicyclic) bond motifs is 1. The zero-order valence-corrected chi connectivity index (χ0v) is 12.0. The van der Waals surface area contributed by atoms with E-state index < -0.39 is 5.97 Å². The monoisotopic (exact) mass is 299 g/mol. The molecule has 3 aromatic heterocycles. The lowest BCUT2D eigenvalue weighted by Gasteiger charge is -2.06.